The van der Waals surface area contributed by atoms with E-state index in [1.165, 1.54) is 6.07 Å². The van der Waals surface area contributed by atoms with E-state index in [0.717, 1.165) is 18.4 Å². The Hall–Kier alpha value is -1.95. The van der Waals surface area contributed by atoms with E-state index in [-0.39, 0.29) is 16.5 Å². The molecular weight excluding hydrogens is 284 g/mol. The van der Waals surface area contributed by atoms with Gasteiger partial charge in [0.05, 0.1) is 4.92 Å². The molecule has 0 amide bonds. The predicted octanol–water partition coefficient (Wildman–Crippen LogP) is 3.45. The van der Waals surface area contributed by atoms with Gasteiger partial charge in [0.1, 0.15) is 6.04 Å². The second-order valence-electron chi connectivity index (χ2n) is 5.72. The largest absolute Gasteiger partial charge is 0.480 e. The van der Waals surface area contributed by atoms with Gasteiger partial charge in [0.25, 0.3) is 5.69 Å². The highest BCUT2D eigenvalue weighted by Gasteiger charge is 2.19. The summed E-state index contributed by atoms with van der Waals surface area (Å²) in [7, 11) is 0. The summed E-state index contributed by atoms with van der Waals surface area (Å²) in [5.74, 6) is -0.819. The lowest BCUT2D eigenvalue weighted by atomic mass is 9.99. The fraction of sp³-hybridized carbons (Fsp3) is 0.562. The molecule has 0 aromatic heterocycles. The third kappa shape index (κ3) is 5.11. The fourth-order valence-corrected chi connectivity index (χ4v) is 2.31. The van der Waals surface area contributed by atoms with Gasteiger partial charge in [-0.15, -0.1) is 0 Å². The number of nitro benzene ring substituents is 1. The van der Waals surface area contributed by atoms with E-state index >= 15 is 0 Å². The maximum absolute atomic E-state index is 11.2. The van der Waals surface area contributed by atoms with Crippen molar-refractivity contribution in [2.45, 2.75) is 58.5 Å². The summed E-state index contributed by atoms with van der Waals surface area (Å²) in [6.45, 7) is 6.13. The first kappa shape index (κ1) is 18.1. The molecule has 0 saturated carbocycles. The van der Waals surface area contributed by atoms with E-state index in [0.29, 0.717) is 18.5 Å². The van der Waals surface area contributed by atoms with E-state index in [9.17, 15) is 14.9 Å². The zero-order chi connectivity index (χ0) is 16.7. The Morgan fingerprint density at radius 2 is 2.09 bits per heavy atom. The summed E-state index contributed by atoms with van der Waals surface area (Å²) in [4.78, 5) is 21.9. The number of benzene rings is 1. The van der Waals surface area contributed by atoms with Crippen LogP contribution in [-0.2, 0) is 11.3 Å². The van der Waals surface area contributed by atoms with Gasteiger partial charge in [-0.05, 0) is 17.9 Å². The molecule has 1 atom stereocenters. The molecule has 22 heavy (non-hydrogen) atoms. The molecule has 0 spiro atoms. The summed E-state index contributed by atoms with van der Waals surface area (Å²) in [5.41, 5.74) is 1.50. The van der Waals surface area contributed by atoms with Crippen LogP contribution in [0.4, 0.5) is 5.69 Å². The SMILES string of the molecule is CCCCC(NCc1ccc(C(C)C)c([N+](=O)[O-])c1)C(=O)O. The third-order valence-corrected chi connectivity index (χ3v) is 3.61. The molecule has 0 aliphatic heterocycles. The monoisotopic (exact) mass is 308 g/mol. The number of hydrogen-bond donors (Lipinski definition) is 2. The van der Waals surface area contributed by atoms with Crippen molar-refractivity contribution in [1.82, 2.24) is 5.32 Å². The van der Waals surface area contributed by atoms with Crippen molar-refractivity contribution in [2.75, 3.05) is 0 Å². The van der Waals surface area contributed by atoms with Crippen LogP contribution in [0.5, 0.6) is 0 Å². The Labute approximate surface area is 130 Å². The number of carboxylic acids is 1. The molecule has 122 valence electrons. The molecule has 1 aromatic carbocycles. The number of nitro groups is 1. The normalized spacial score (nSPS) is 12.4. The van der Waals surface area contributed by atoms with E-state index in [1.807, 2.05) is 26.8 Å². The molecule has 1 rings (SSSR count). The lowest BCUT2D eigenvalue weighted by Crippen LogP contribution is -2.36. The van der Waals surface area contributed by atoms with Crippen LogP contribution in [-0.4, -0.2) is 22.0 Å². The number of hydrogen-bond acceptors (Lipinski definition) is 4. The van der Waals surface area contributed by atoms with Gasteiger partial charge in [0, 0.05) is 18.2 Å². The number of carbonyl (C=O) groups is 1. The van der Waals surface area contributed by atoms with Gasteiger partial charge in [0.2, 0.25) is 0 Å². The lowest BCUT2D eigenvalue weighted by Gasteiger charge is -2.14. The average Bonchev–Trinajstić information content (AvgIpc) is 2.46. The standard InChI is InChI=1S/C16H24N2O4/c1-4-5-6-14(16(19)20)17-10-12-7-8-13(11(2)3)15(9-12)18(21)22/h7-9,11,14,17H,4-6,10H2,1-3H3,(H,19,20). The van der Waals surface area contributed by atoms with Crippen molar-refractivity contribution in [3.63, 3.8) is 0 Å². The van der Waals surface area contributed by atoms with Crippen molar-refractivity contribution < 1.29 is 14.8 Å². The maximum Gasteiger partial charge on any atom is 0.320 e. The summed E-state index contributed by atoms with van der Waals surface area (Å²) in [6.07, 6.45) is 2.31. The van der Waals surface area contributed by atoms with Crippen molar-refractivity contribution in [1.29, 1.82) is 0 Å². The van der Waals surface area contributed by atoms with Crippen molar-refractivity contribution in [2.24, 2.45) is 0 Å². The molecule has 0 bridgehead atoms. The zero-order valence-corrected chi connectivity index (χ0v) is 13.3. The molecule has 1 aromatic rings. The van der Waals surface area contributed by atoms with Gasteiger partial charge in [0.15, 0.2) is 0 Å². The van der Waals surface area contributed by atoms with Crippen LogP contribution in [0.3, 0.4) is 0 Å². The lowest BCUT2D eigenvalue weighted by molar-refractivity contribution is -0.385. The first-order valence-electron chi connectivity index (χ1n) is 7.60. The van der Waals surface area contributed by atoms with Crippen molar-refractivity contribution in [3.05, 3.63) is 39.4 Å². The second-order valence-corrected chi connectivity index (χ2v) is 5.72. The summed E-state index contributed by atoms with van der Waals surface area (Å²) in [5, 5.41) is 23.3. The van der Waals surface area contributed by atoms with Gasteiger partial charge >= 0.3 is 5.97 Å². The minimum absolute atomic E-state index is 0.0683. The molecule has 0 saturated heterocycles. The Kier molecular flexibility index (Phi) is 6.98. The number of unbranched alkanes of at least 4 members (excludes halogenated alkanes) is 1. The molecule has 0 fully saturated rings. The first-order chi connectivity index (χ1) is 10.4. The van der Waals surface area contributed by atoms with Crippen LogP contribution in [0.25, 0.3) is 0 Å². The number of nitrogens with zero attached hydrogens (tertiary/aromatic N) is 1. The Balaban J connectivity index is 2.83. The number of aliphatic carboxylic acids is 1. The molecule has 2 N–H and O–H groups in total. The molecule has 6 heteroatoms. The quantitative estimate of drug-likeness (QED) is 0.538. The zero-order valence-electron chi connectivity index (χ0n) is 13.3. The van der Waals surface area contributed by atoms with Crippen LogP contribution >= 0.6 is 0 Å². The molecule has 0 aliphatic carbocycles. The van der Waals surface area contributed by atoms with Crippen LogP contribution < -0.4 is 5.32 Å². The Morgan fingerprint density at radius 3 is 2.59 bits per heavy atom. The van der Waals surface area contributed by atoms with E-state index in [2.05, 4.69) is 5.32 Å². The highest BCUT2D eigenvalue weighted by molar-refractivity contribution is 5.73. The average molecular weight is 308 g/mol. The van der Waals surface area contributed by atoms with Gasteiger partial charge in [-0.25, -0.2) is 0 Å². The Morgan fingerprint density at radius 1 is 1.41 bits per heavy atom. The van der Waals surface area contributed by atoms with Gasteiger partial charge in [-0.2, -0.15) is 0 Å². The summed E-state index contributed by atoms with van der Waals surface area (Å²) >= 11 is 0. The smallest absolute Gasteiger partial charge is 0.320 e. The topological polar surface area (TPSA) is 92.5 Å². The second kappa shape index (κ2) is 8.48. The van der Waals surface area contributed by atoms with E-state index in [1.54, 1.807) is 6.07 Å². The maximum atomic E-state index is 11.2. The molecule has 0 aliphatic rings. The molecule has 0 radical (unpaired) electrons. The number of rotatable bonds is 9. The molecule has 6 nitrogen and oxygen atoms in total. The first-order valence-corrected chi connectivity index (χ1v) is 7.60. The fourth-order valence-electron chi connectivity index (χ4n) is 2.31. The Bertz CT molecular complexity index is 529. The highest BCUT2D eigenvalue weighted by Crippen LogP contribution is 2.27. The van der Waals surface area contributed by atoms with Gasteiger partial charge < -0.3 is 10.4 Å². The van der Waals surface area contributed by atoms with Crippen LogP contribution in [0.15, 0.2) is 18.2 Å². The molecular formula is C16H24N2O4. The highest BCUT2D eigenvalue weighted by atomic mass is 16.6. The van der Waals surface area contributed by atoms with E-state index in [4.69, 9.17) is 5.11 Å². The predicted molar refractivity (Wildman–Crippen MR) is 85.0 cm³/mol. The van der Waals surface area contributed by atoms with Crippen LogP contribution in [0.1, 0.15) is 57.1 Å². The van der Waals surface area contributed by atoms with E-state index < -0.39 is 12.0 Å². The number of carboxylic acid groups (broad SMARTS) is 1. The molecule has 0 heterocycles. The summed E-state index contributed by atoms with van der Waals surface area (Å²) in [6, 6.07) is 4.47. The van der Waals surface area contributed by atoms with Crippen molar-refractivity contribution >= 4 is 11.7 Å². The van der Waals surface area contributed by atoms with Gasteiger partial charge in [-0.3, -0.25) is 14.9 Å². The van der Waals surface area contributed by atoms with Crippen LogP contribution in [0.2, 0.25) is 0 Å². The van der Waals surface area contributed by atoms with Gasteiger partial charge in [-0.1, -0.05) is 45.7 Å². The summed E-state index contributed by atoms with van der Waals surface area (Å²) < 4.78 is 0. The number of nitrogens with one attached hydrogen (secondary N) is 1. The molecule has 1 unspecified atom stereocenters. The minimum Gasteiger partial charge on any atom is -0.480 e. The minimum atomic E-state index is -0.887. The van der Waals surface area contributed by atoms with Crippen molar-refractivity contribution in [3.8, 4) is 0 Å². The van der Waals surface area contributed by atoms with Crippen LogP contribution in [0, 0.1) is 10.1 Å². The third-order valence-electron chi connectivity index (χ3n) is 3.61.